The molecule has 3 aromatic carbocycles. The van der Waals surface area contributed by atoms with Crippen LogP contribution in [0.3, 0.4) is 0 Å². The van der Waals surface area contributed by atoms with Crippen molar-refractivity contribution in [3.63, 3.8) is 0 Å². The molecule has 0 saturated carbocycles. The fourth-order valence-corrected chi connectivity index (χ4v) is 5.44. The Morgan fingerprint density at radius 3 is 2.64 bits per heavy atom. The molecule has 4 aromatic rings. The summed E-state index contributed by atoms with van der Waals surface area (Å²) in [5.41, 5.74) is 4.63. The summed E-state index contributed by atoms with van der Waals surface area (Å²) < 4.78 is 14.1. The highest BCUT2D eigenvalue weighted by atomic mass is 19.1. The lowest BCUT2D eigenvalue weighted by Crippen LogP contribution is -2.31. The van der Waals surface area contributed by atoms with Gasteiger partial charge in [0, 0.05) is 42.6 Å². The zero-order valence-electron chi connectivity index (χ0n) is 22.6. The number of hydrogen-bond donors (Lipinski definition) is 2. The first-order valence-corrected chi connectivity index (χ1v) is 13.7. The number of rotatable bonds is 6. The van der Waals surface area contributed by atoms with Crippen molar-refractivity contribution in [2.24, 2.45) is 0 Å². The molecule has 1 aromatic heterocycles. The number of benzene rings is 3. The van der Waals surface area contributed by atoms with Gasteiger partial charge < -0.3 is 20.2 Å². The van der Waals surface area contributed by atoms with Crippen molar-refractivity contribution >= 4 is 29.1 Å². The number of nitrogens with zero attached hydrogens (tertiary/aromatic N) is 5. The van der Waals surface area contributed by atoms with Crippen LogP contribution in [0.2, 0.25) is 0 Å². The molecular weight excluding hydrogens is 535 g/mol. The Bertz CT molecular complexity index is 1720. The average molecular weight is 563 g/mol. The molecule has 2 N–H and O–H groups in total. The summed E-state index contributed by atoms with van der Waals surface area (Å²) in [4.78, 5) is 37.9. The molecule has 3 heterocycles. The van der Waals surface area contributed by atoms with Crippen molar-refractivity contribution in [1.29, 1.82) is 5.26 Å². The average Bonchev–Trinajstić information content (AvgIpc) is 3.64. The van der Waals surface area contributed by atoms with Gasteiger partial charge in [0.2, 0.25) is 11.9 Å². The minimum Gasteiger partial charge on any atom is -0.391 e. The molecular formula is C32H27FN6O3. The molecule has 1 saturated heterocycles. The van der Waals surface area contributed by atoms with Crippen molar-refractivity contribution in [3.8, 4) is 17.3 Å². The third kappa shape index (κ3) is 5.42. The predicted octanol–water partition coefficient (Wildman–Crippen LogP) is 4.24. The number of hydrogen-bond acceptors (Lipinski definition) is 7. The van der Waals surface area contributed by atoms with Gasteiger partial charge in [-0.25, -0.2) is 14.4 Å². The van der Waals surface area contributed by atoms with Crippen molar-refractivity contribution in [1.82, 2.24) is 14.9 Å². The maximum atomic E-state index is 14.1. The topological polar surface area (TPSA) is 122 Å². The van der Waals surface area contributed by atoms with Crippen LogP contribution in [-0.4, -0.2) is 57.5 Å². The van der Waals surface area contributed by atoms with E-state index in [0.29, 0.717) is 77.7 Å². The van der Waals surface area contributed by atoms with Gasteiger partial charge in [-0.15, -0.1) is 0 Å². The number of aliphatic hydroxyl groups excluding tert-OH is 1. The van der Waals surface area contributed by atoms with Crippen LogP contribution in [0.25, 0.3) is 11.3 Å². The first kappa shape index (κ1) is 27.1. The molecule has 42 heavy (non-hydrogen) atoms. The van der Waals surface area contributed by atoms with E-state index in [0.717, 1.165) is 5.56 Å². The summed E-state index contributed by atoms with van der Waals surface area (Å²) in [5, 5.41) is 22.8. The fraction of sp³-hybridized carbons (Fsp3) is 0.219. The minimum atomic E-state index is -0.471. The molecule has 9 nitrogen and oxygen atoms in total. The highest BCUT2D eigenvalue weighted by Gasteiger charge is 2.29. The van der Waals surface area contributed by atoms with Crippen molar-refractivity contribution in [3.05, 3.63) is 101 Å². The summed E-state index contributed by atoms with van der Waals surface area (Å²) in [7, 11) is 0. The number of likely N-dealkylation sites (tertiary alicyclic amines) is 1. The molecule has 0 bridgehead atoms. The van der Waals surface area contributed by atoms with E-state index in [1.807, 2.05) is 6.07 Å². The van der Waals surface area contributed by atoms with Crippen molar-refractivity contribution < 1.29 is 19.1 Å². The molecule has 10 heteroatoms. The molecule has 0 aliphatic carbocycles. The molecule has 2 aliphatic heterocycles. The van der Waals surface area contributed by atoms with Crippen molar-refractivity contribution in [2.75, 3.05) is 29.9 Å². The van der Waals surface area contributed by atoms with Gasteiger partial charge in [-0.2, -0.15) is 5.26 Å². The Morgan fingerprint density at radius 1 is 1.10 bits per heavy atom. The second-order valence-electron chi connectivity index (χ2n) is 10.4. The van der Waals surface area contributed by atoms with E-state index in [-0.39, 0.29) is 18.2 Å². The number of fused-ring (bicyclic) bond motifs is 1. The molecule has 210 valence electrons. The fourth-order valence-electron chi connectivity index (χ4n) is 5.44. The lowest BCUT2D eigenvalue weighted by Gasteiger charge is -2.19. The van der Waals surface area contributed by atoms with Crippen LogP contribution in [0.1, 0.15) is 33.5 Å². The van der Waals surface area contributed by atoms with Gasteiger partial charge in [-0.1, -0.05) is 18.2 Å². The number of carbonyl (C=O) groups is 2. The number of β-amino-alcohol motifs (C(OH)–C–C–N with tert-alkyl or cyclic N) is 1. The number of aliphatic hydroxyl groups is 1. The number of amides is 2. The van der Waals surface area contributed by atoms with E-state index in [9.17, 15) is 24.3 Å². The van der Waals surface area contributed by atoms with Gasteiger partial charge in [0.1, 0.15) is 11.9 Å². The second kappa shape index (κ2) is 11.4. The van der Waals surface area contributed by atoms with E-state index < -0.39 is 11.9 Å². The van der Waals surface area contributed by atoms with Crippen LogP contribution in [0.15, 0.2) is 72.9 Å². The third-order valence-electron chi connectivity index (χ3n) is 7.57. The van der Waals surface area contributed by atoms with Crippen LogP contribution in [0.4, 0.5) is 21.7 Å². The SMILES string of the molecule is N#Cc1cc(-c2ccnc(Nc3ccc(C(=O)N4CCC(O)C4)cc3)n2)cc2c1N(C(=O)Cc1ccccc1F)CC2. The smallest absolute Gasteiger partial charge is 0.253 e. The molecule has 2 aliphatic rings. The maximum Gasteiger partial charge on any atom is 0.253 e. The normalized spacial score (nSPS) is 15.8. The number of nitriles is 1. The largest absolute Gasteiger partial charge is 0.391 e. The number of aromatic nitrogens is 2. The van der Waals surface area contributed by atoms with Gasteiger partial charge in [0.05, 0.1) is 29.5 Å². The number of nitrogens with one attached hydrogen (secondary N) is 1. The molecule has 0 spiro atoms. The molecule has 1 unspecified atom stereocenters. The summed E-state index contributed by atoms with van der Waals surface area (Å²) >= 11 is 0. The minimum absolute atomic E-state index is 0.0871. The quantitative estimate of drug-likeness (QED) is 0.361. The van der Waals surface area contributed by atoms with E-state index in [1.165, 1.54) is 6.07 Å². The molecule has 1 atom stereocenters. The van der Waals surface area contributed by atoms with E-state index in [4.69, 9.17) is 0 Å². The van der Waals surface area contributed by atoms with Crippen LogP contribution in [0, 0.1) is 17.1 Å². The van der Waals surface area contributed by atoms with Crippen LogP contribution in [-0.2, 0) is 17.6 Å². The first-order chi connectivity index (χ1) is 20.4. The third-order valence-corrected chi connectivity index (χ3v) is 7.57. The van der Waals surface area contributed by atoms with E-state index in [1.54, 1.807) is 70.6 Å². The van der Waals surface area contributed by atoms with Gasteiger partial charge >= 0.3 is 0 Å². The first-order valence-electron chi connectivity index (χ1n) is 13.7. The standard InChI is InChI=1S/C32H27FN6O3/c33-27-4-2-1-3-21(27)17-29(41)39-14-10-22-15-23(16-24(18-34)30(22)39)28-9-12-35-32(37-28)36-25-7-5-20(6-8-25)31(42)38-13-11-26(40)19-38/h1-9,12,15-16,26,40H,10-11,13-14,17,19H2,(H,35,36,37). The summed E-state index contributed by atoms with van der Waals surface area (Å²) in [6.45, 7) is 1.30. The Balaban J connectivity index is 1.19. The lowest BCUT2D eigenvalue weighted by molar-refractivity contribution is -0.117. The Labute approximate surface area is 241 Å². The van der Waals surface area contributed by atoms with E-state index in [2.05, 4.69) is 21.4 Å². The second-order valence-corrected chi connectivity index (χ2v) is 10.4. The molecule has 6 rings (SSSR count). The Kier molecular flexibility index (Phi) is 7.33. The van der Waals surface area contributed by atoms with Crippen LogP contribution in [0.5, 0.6) is 0 Å². The number of carbonyl (C=O) groups excluding carboxylic acids is 2. The summed E-state index contributed by atoms with van der Waals surface area (Å²) in [6, 6.07) is 20.8. The molecule has 2 amide bonds. The van der Waals surface area contributed by atoms with Crippen LogP contribution < -0.4 is 10.2 Å². The molecule has 1 fully saturated rings. The van der Waals surface area contributed by atoms with Gasteiger partial charge in [-0.3, -0.25) is 9.59 Å². The summed E-state index contributed by atoms with van der Waals surface area (Å²) in [5.74, 6) is -0.465. The van der Waals surface area contributed by atoms with E-state index >= 15 is 0 Å². The lowest BCUT2D eigenvalue weighted by atomic mass is 10.0. The number of anilines is 3. The highest BCUT2D eigenvalue weighted by molar-refractivity contribution is 5.99. The summed E-state index contributed by atoms with van der Waals surface area (Å²) in [6.07, 6.45) is 2.21. The van der Waals surface area contributed by atoms with Gasteiger partial charge in [-0.05, 0) is 72.5 Å². The highest BCUT2D eigenvalue weighted by Crippen LogP contribution is 2.36. The van der Waals surface area contributed by atoms with Gasteiger partial charge in [0.15, 0.2) is 0 Å². The Hall–Kier alpha value is -5.14. The number of halogens is 1. The monoisotopic (exact) mass is 562 g/mol. The van der Waals surface area contributed by atoms with Gasteiger partial charge in [0.25, 0.3) is 5.91 Å². The zero-order valence-corrected chi connectivity index (χ0v) is 22.6. The predicted molar refractivity (Wildman–Crippen MR) is 155 cm³/mol. The molecule has 0 radical (unpaired) electrons. The maximum absolute atomic E-state index is 14.1. The zero-order chi connectivity index (χ0) is 29.2. The Morgan fingerprint density at radius 2 is 1.90 bits per heavy atom. The van der Waals surface area contributed by atoms with Crippen molar-refractivity contribution in [2.45, 2.75) is 25.4 Å². The van der Waals surface area contributed by atoms with Crippen LogP contribution >= 0.6 is 0 Å².